The number of benzene rings is 1. The second-order valence-electron chi connectivity index (χ2n) is 8.04. The first-order valence-corrected chi connectivity index (χ1v) is 11.4. The zero-order valence-electron chi connectivity index (χ0n) is 19.2. The van der Waals surface area contributed by atoms with E-state index in [9.17, 15) is 14.7 Å². The van der Waals surface area contributed by atoms with Crippen molar-refractivity contribution in [3.63, 3.8) is 0 Å². The van der Waals surface area contributed by atoms with Crippen molar-refractivity contribution in [1.82, 2.24) is 19.8 Å². The van der Waals surface area contributed by atoms with Crippen LogP contribution in [0.15, 0.2) is 54.7 Å². The molecule has 8 nitrogen and oxygen atoms in total. The second-order valence-corrected chi connectivity index (χ2v) is 8.43. The number of aryl methyl sites for hydroxylation is 1. The van der Waals surface area contributed by atoms with Gasteiger partial charge in [0.2, 0.25) is 0 Å². The molecule has 0 radical (unpaired) electrons. The summed E-state index contributed by atoms with van der Waals surface area (Å²) < 4.78 is 7.12. The fraction of sp³-hybridized carbons (Fsp3) is 0.280. The number of pyridine rings is 1. The number of ether oxygens (including phenoxy) is 1. The summed E-state index contributed by atoms with van der Waals surface area (Å²) in [5.41, 5.74) is 4.23. The van der Waals surface area contributed by atoms with Crippen molar-refractivity contribution in [1.29, 1.82) is 0 Å². The number of esters is 1. The molecular weight excluding hydrogens is 452 g/mol. The number of carbonyl (C=O) groups is 2. The van der Waals surface area contributed by atoms with E-state index in [0.717, 1.165) is 22.6 Å². The minimum absolute atomic E-state index is 0.0109. The molecule has 0 aliphatic carbocycles. The topological polar surface area (TPSA) is 96.7 Å². The molecule has 2 aromatic heterocycles. The van der Waals surface area contributed by atoms with Gasteiger partial charge in [-0.25, -0.2) is 4.79 Å². The molecule has 176 valence electrons. The summed E-state index contributed by atoms with van der Waals surface area (Å²) in [7, 11) is 0. The molecule has 3 heterocycles. The quantitative estimate of drug-likeness (QED) is 0.392. The fourth-order valence-electron chi connectivity index (χ4n) is 4.57. The Balaban J connectivity index is 1.85. The third-order valence-electron chi connectivity index (χ3n) is 5.97. The number of rotatable bonds is 7. The molecule has 4 rings (SSSR count). The maximum absolute atomic E-state index is 12.4. The van der Waals surface area contributed by atoms with Gasteiger partial charge in [0.1, 0.15) is 6.54 Å². The Morgan fingerprint density at radius 2 is 1.91 bits per heavy atom. The van der Waals surface area contributed by atoms with Crippen molar-refractivity contribution in [2.75, 3.05) is 13.2 Å². The fourth-order valence-corrected chi connectivity index (χ4v) is 4.87. The molecule has 34 heavy (non-hydrogen) atoms. The first-order chi connectivity index (χ1) is 16.3. The Morgan fingerprint density at radius 3 is 2.59 bits per heavy atom. The largest absolute Gasteiger partial charge is 0.478 e. The predicted molar refractivity (Wildman–Crippen MR) is 131 cm³/mol. The van der Waals surface area contributed by atoms with Crippen molar-refractivity contribution in [3.05, 3.63) is 82.9 Å². The maximum atomic E-state index is 12.4. The number of aromatic carboxylic acids is 1. The van der Waals surface area contributed by atoms with Gasteiger partial charge in [0.15, 0.2) is 5.11 Å². The monoisotopic (exact) mass is 478 g/mol. The average Bonchev–Trinajstić information content (AvgIpc) is 3.29. The number of carboxylic acid groups (broad SMARTS) is 1. The lowest BCUT2D eigenvalue weighted by atomic mass is 9.96. The van der Waals surface area contributed by atoms with Crippen molar-refractivity contribution >= 4 is 29.3 Å². The number of aromatic nitrogens is 2. The highest BCUT2D eigenvalue weighted by atomic mass is 32.1. The van der Waals surface area contributed by atoms with Crippen LogP contribution in [0.2, 0.25) is 0 Å². The van der Waals surface area contributed by atoms with E-state index in [4.69, 9.17) is 17.0 Å². The highest BCUT2D eigenvalue weighted by molar-refractivity contribution is 7.80. The van der Waals surface area contributed by atoms with Gasteiger partial charge in [-0.1, -0.05) is 18.2 Å². The van der Waals surface area contributed by atoms with Gasteiger partial charge in [0.25, 0.3) is 0 Å². The number of hydrogen-bond donors (Lipinski definition) is 2. The zero-order chi connectivity index (χ0) is 24.4. The van der Waals surface area contributed by atoms with Gasteiger partial charge in [0, 0.05) is 17.6 Å². The number of para-hydroxylation sites is 1. The molecule has 2 atom stereocenters. The van der Waals surface area contributed by atoms with Gasteiger partial charge < -0.3 is 24.6 Å². The van der Waals surface area contributed by atoms with Crippen molar-refractivity contribution in [3.8, 4) is 5.69 Å². The van der Waals surface area contributed by atoms with Gasteiger partial charge in [-0.05, 0) is 68.9 Å². The van der Waals surface area contributed by atoms with Crippen LogP contribution in [-0.4, -0.2) is 49.8 Å². The second kappa shape index (κ2) is 9.64. The third kappa shape index (κ3) is 4.26. The lowest BCUT2D eigenvalue weighted by molar-refractivity contribution is -0.143. The molecular formula is C25H26N4O4S. The molecule has 1 fully saturated rings. The van der Waals surface area contributed by atoms with Crippen LogP contribution in [0, 0.1) is 13.8 Å². The molecule has 0 spiro atoms. The SMILES string of the molecule is CCOC(=O)CN1C(=S)N[C@H](c2ccccn2)[C@H]1c1cc(C)n(-c2ccccc2C(=O)O)c1C. The van der Waals surface area contributed by atoms with Crippen LogP contribution in [0.1, 0.15) is 52.0 Å². The first kappa shape index (κ1) is 23.4. The molecule has 0 bridgehead atoms. The Kier molecular flexibility index (Phi) is 6.65. The minimum atomic E-state index is -0.997. The first-order valence-electron chi connectivity index (χ1n) is 11.0. The normalized spacial score (nSPS) is 17.5. The Morgan fingerprint density at radius 1 is 1.18 bits per heavy atom. The molecule has 0 unspecified atom stereocenters. The summed E-state index contributed by atoms with van der Waals surface area (Å²) in [6.45, 7) is 5.91. The summed E-state index contributed by atoms with van der Waals surface area (Å²) in [5, 5.41) is 13.5. The van der Waals surface area contributed by atoms with Crippen molar-refractivity contribution < 1.29 is 19.4 Å². The highest BCUT2D eigenvalue weighted by Crippen LogP contribution is 2.41. The summed E-state index contributed by atoms with van der Waals surface area (Å²) in [6, 6.07) is 13.9. The van der Waals surface area contributed by atoms with Gasteiger partial charge >= 0.3 is 11.9 Å². The van der Waals surface area contributed by atoms with Crippen LogP contribution in [0.3, 0.4) is 0 Å². The van der Waals surface area contributed by atoms with Gasteiger partial charge in [-0.2, -0.15) is 0 Å². The molecule has 3 aromatic rings. The number of nitrogens with zero attached hydrogens (tertiary/aromatic N) is 3. The van der Waals surface area contributed by atoms with Crippen LogP contribution < -0.4 is 5.32 Å². The van der Waals surface area contributed by atoms with Crippen LogP contribution >= 0.6 is 12.2 Å². The van der Waals surface area contributed by atoms with Gasteiger partial charge in [-0.3, -0.25) is 9.78 Å². The summed E-state index contributed by atoms with van der Waals surface area (Å²) in [4.78, 5) is 30.7. The van der Waals surface area contributed by atoms with Crippen LogP contribution in [-0.2, 0) is 9.53 Å². The van der Waals surface area contributed by atoms with Gasteiger partial charge in [0.05, 0.1) is 35.6 Å². The Bertz CT molecular complexity index is 1240. The lowest BCUT2D eigenvalue weighted by Gasteiger charge is -2.27. The standard InChI is InChI=1S/C25H26N4O4S/c1-4-33-21(30)14-28-23(22(27-25(28)34)19-10-7-8-12-26-19)18-13-15(2)29(16(18)3)20-11-6-5-9-17(20)24(31)32/h5-13,22-23H,4,14H2,1-3H3,(H,27,34)(H,31,32)/t22-,23-/m1/s1. The molecule has 0 saturated carbocycles. The highest BCUT2D eigenvalue weighted by Gasteiger charge is 2.42. The van der Waals surface area contributed by atoms with Gasteiger partial charge in [-0.15, -0.1) is 0 Å². The molecule has 1 aromatic carbocycles. The number of nitrogens with one attached hydrogen (secondary N) is 1. The number of hydrogen-bond acceptors (Lipinski definition) is 5. The smallest absolute Gasteiger partial charge is 0.337 e. The van der Waals surface area contributed by atoms with Crippen molar-refractivity contribution in [2.24, 2.45) is 0 Å². The summed E-state index contributed by atoms with van der Waals surface area (Å²) in [6.07, 6.45) is 1.72. The summed E-state index contributed by atoms with van der Waals surface area (Å²) >= 11 is 5.62. The molecule has 2 N–H and O–H groups in total. The predicted octanol–water partition coefficient (Wildman–Crippen LogP) is 3.72. The van der Waals surface area contributed by atoms with E-state index in [1.165, 1.54) is 0 Å². The summed E-state index contributed by atoms with van der Waals surface area (Å²) in [5.74, 6) is -1.37. The molecule has 1 aliphatic heterocycles. The van der Waals surface area contributed by atoms with Crippen molar-refractivity contribution in [2.45, 2.75) is 32.9 Å². The molecule has 1 saturated heterocycles. The van der Waals surface area contributed by atoms with E-state index in [1.807, 2.05) is 53.6 Å². The van der Waals surface area contributed by atoms with E-state index >= 15 is 0 Å². The number of carbonyl (C=O) groups excluding carboxylic acids is 1. The molecule has 0 amide bonds. The van der Waals surface area contributed by atoms with Crippen LogP contribution in [0.25, 0.3) is 5.69 Å². The molecule has 1 aliphatic rings. The van der Waals surface area contributed by atoms with E-state index in [1.54, 1.807) is 31.3 Å². The maximum Gasteiger partial charge on any atom is 0.337 e. The zero-order valence-corrected chi connectivity index (χ0v) is 20.0. The van der Waals surface area contributed by atoms with Crippen LogP contribution in [0.5, 0.6) is 0 Å². The van der Waals surface area contributed by atoms with E-state index in [0.29, 0.717) is 10.8 Å². The van der Waals surface area contributed by atoms with E-state index in [2.05, 4.69) is 10.3 Å². The Labute approximate surface area is 203 Å². The lowest BCUT2D eigenvalue weighted by Crippen LogP contribution is -2.35. The number of carboxylic acids is 1. The number of thiocarbonyl (C=S) groups is 1. The average molecular weight is 479 g/mol. The van der Waals surface area contributed by atoms with E-state index in [-0.39, 0.29) is 36.8 Å². The molecule has 9 heteroatoms. The van der Waals surface area contributed by atoms with Crippen LogP contribution in [0.4, 0.5) is 0 Å². The Hall–Kier alpha value is -3.72. The third-order valence-corrected chi connectivity index (χ3v) is 6.32. The minimum Gasteiger partial charge on any atom is -0.478 e. The van der Waals surface area contributed by atoms with E-state index < -0.39 is 5.97 Å².